The van der Waals surface area contributed by atoms with Crippen LogP contribution in [0, 0.1) is 11.3 Å². The minimum absolute atomic E-state index is 0.0533. The monoisotopic (exact) mass is 356 g/mol. The maximum atomic E-state index is 12.9. The van der Waals surface area contributed by atoms with Crippen LogP contribution in [0.2, 0.25) is 0 Å². The summed E-state index contributed by atoms with van der Waals surface area (Å²) < 4.78 is 44.5. The molecule has 0 unspecified atom stereocenters. The van der Waals surface area contributed by atoms with Crippen LogP contribution in [0.5, 0.6) is 11.5 Å². The molecule has 0 atom stereocenters. The lowest BCUT2D eigenvalue weighted by Crippen LogP contribution is -2.07. The van der Waals surface area contributed by atoms with Gasteiger partial charge in [0.2, 0.25) is 0 Å². The highest BCUT2D eigenvalue weighted by Crippen LogP contribution is 2.40. The van der Waals surface area contributed by atoms with Gasteiger partial charge in [0.15, 0.2) is 0 Å². The van der Waals surface area contributed by atoms with E-state index in [4.69, 9.17) is 15.7 Å². The fraction of sp³-hybridized carbons (Fsp3) is 0.0714. The van der Waals surface area contributed by atoms with Crippen LogP contribution in [0.25, 0.3) is 0 Å². The van der Waals surface area contributed by atoms with Gasteiger partial charge in [-0.25, -0.2) is 0 Å². The summed E-state index contributed by atoms with van der Waals surface area (Å²) in [6.07, 6.45) is -4.54. The van der Waals surface area contributed by atoms with Crippen LogP contribution in [-0.2, 0) is 6.18 Å². The Labute approximate surface area is 126 Å². The summed E-state index contributed by atoms with van der Waals surface area (Å²) >= 11 is 3.10. The number of hydrogen-bond acceptors (Lipinski definition) is 3. The molecule has 0 fully saturated rings. The fourth-order valence-electron chi connectivity index (χ4n) is 1.64. The summed E-state index contributed by atoms with van der Waals surface area (Å²) in [5.41, 5.74) is 5.15. The van der Waals surface area contributed by atoms with Crippen LogP contribution in [0.1, 0.15) is 11.1 Å². The number of halogens is 4. The molecule has 0 heterocycles. The molecule has 0 bridgehead atoms. The van der Waals surface area contributed by atoms with E-state index in [2.05, 4.69) is 15.9 Å². The molecule has 21 heavy (non-hydrogen) atoms. The molecule has 2 N–H and O–H groups in total. The summed E-state index contributed by atoms with van der Waals surface area (Å²) in [5, 5.41) is 8.73. The molecule has 7 heteroatoms. The number of nitrogen functional groups attached to an aromatic ring is 1. The first-order chi connectivity index (χ1) is 9.81. The predicted octanol–water partition coefficient (Wildman–Crippen LogP) is 4.71. The summed E-state index contributed by atoms with van der Waals surface area (Å²) in [7, 11) is 0. The standard InChI is InChI=1S/C14H8BrF3N2O/c15-9-2-3-10(14(16,17)18)13(6-9)21-12-4-1-8(7-19)5-11(12)20/h1-6H,20H2. The number of hydrogen-bond donors (Lipinski definition) is 1. The van der Waals surface area contributed by atoms with E-state index in [1.807, 2.05) is 6.07 Å². The minimum Gasteiger partial charge on any atom is -0.455 e. The highest BCUT2D eigenvalue weighted by Gasteiger charge is 2.34. The summed E-state index contributed by atoms with van der Waals surface area (Å²) in [5.74, 6) is -0.314. The molecule has 2 rings (SSSR count). The number of ether oxygens (including phenoxy) is 1. The Balaban J connectivity index is 2.44. The lowest BCUT2D eigenvalue weighted by molar-refractivity contribution is -0.138. The van der Waals surface area contributed by atoms with E-state index in [1.54, 1.807) is 0 Å². The van der Waals surface area contributed by atoms with Crippen molar-refractivity contribution in [2.75, 3.05) is 5.73 Å². The topological polar surface area (TPSA) is 59.0 Å². The van der Waals surface area contributed by atoms with Crippen molar-refractivity contribution in [1.29, 1.82) is 5.26 Å². The van der Waals surface area contributed by atoms with E-state index < -0.39 is 11.7 Å². The summed E-state index contributed by atoms with van der Waals surface area (Å²) in [6.45, 7) is 0. The molecule has 108 valence electrons. The van der Waals surface area contributed by atoms with E-state index in [1.165, 1.54) is 30.3 Å². The van der Waals surface area contributed by atoms with E-state index >= 15 is 0 Å². The zero-order chi connectivity index (χ0) is 15.6. The van der Waals surface area contributed by atoms with Crippen molar-refractivity contribution in [3.05, 3.63) is 52.0 Å². The van der Waals surface area contributed by atoms with Crippen molar-refractivity contribution in [2.24, 2.45) is 0 Å². The molecule has 0 saturated heterocycles. The summed E-state index contributed by atoms with van der Waals surface area (Å²) in [6, 6.07) is 9.38. The molecule has 0 amide bonds. The van der Waals surface area contributed by atoms with Gasteiger partial charge >= 0.3 is 6.18 Å². The molecular formula is C14H8BrF3N2O. The molecule has 3 nitrogen and oxygen atoms in total. The van der Waals surface area contributed by atoms with Gasteiger partial charge in [0.25, 0.3) is 0 Å². The SMILES string of the molecule is N#Cc1ccc(Oc2cc(Br)ccc2C(F)(F)F)c(N)c1. The predicted molar refractivity (Wildman–Crippen MR) is 74.8 cm³/mol. The Kier molecular flexibility index (Phi) is 4.09. The molecule has 0 aromatic heterocycles. The Bertz CT molecular complexity index is 723. The smallest absolute Gasteiger partial charge is 0.419 e. The highest BCUT2D eigenvalue weighted by atomic mass is 79.9. The van der Waals surface area contributed by atoms with Crippen LogP contribution < -0.4 is 10.5 Å². The number of nitrogens with zero attached hydrogens (tertiary/aromatic N) is 1. The zero-order valence-corrected chi connectivity index (χ0v) is 12.0. The van der Waals surface area contributed by atoms with Gasteiger partial charge in [0.1, 0.15) is 11.5 Å². The van der Waals surface area contributed by atoms with Gasteiger partial charge in [-0.2, -0.15) is 18.4 Å². The third-order valence-electron chi connectivity index (χ3n) is 2.61. The van der Waals surface area contributed by atoms with Gasteiger partial charge in [-0.3, -0.25) is 0 Å². The molecule has 0 saturated carbocycles. The third-order valence-corrected chi connectivity index (χ3v) is 3.10. The van der Waals surface area contributed by atoms with Crippen molar-refractivity contribution in [1.82, 2.24) is 0 Å². The number of nitriles is 1. The molecule has 2 aromatic carbocycles. The van der Waals surface area contributed by atoms with Crippen LogP contribution >= 0.6 is 15.9 Å². The average molecular weight is 357 g/mol. The number of anilines is 1. The first-order valence-electron chi connectivity index (χ1n) is 5.65. The Hall–Kier alpha value is -2.20. The number of alkyl halides is 3. The Morgan fingerprint density at radius 1 is 1.10 bits per heavy atom. The van der Waals surface area contributed by atoms with Gasteiger partial charge in [-0.15, -0.1) is 0 Å². The zero-order valence-electron chi connectivity index (χ0n) is 10.4. The van der Waals surface area contributed by atoms with Crippen LogP contribution in [0.3, 0.4) is 0 Å². The van der Waals surface area contributed by atoms with Gasteiger partial charge in [-0.1, -0.05) is 15.9 Å². The van der Waals surface area contributed by atoms with Gasteiger partial charge < -0.3 is 10.5 Å². The van der Waals surface area contributed by atoms with Crippen LogP contribution in [-0.4, -0.2) is 0 Å². The first-order valence-corrected chi connectivity index (χ1v) is 6.45. The van der Waals surface area contributed by atoms with Gasteiger partial charge in [0.05, 0.1) is 22.9 Å². The summed E-state index contributed by atoms with van der Waals surface area (Å²) in [4.78, 5) is 0. The Morgan fingerprint density at radius 2 is 1.81 bits per heavy atom. The van der Waals surface area contributed by atoms with E-state index in [0.29, 0.717) is 10.0 Å². The van der Waals surface area contributed by atoms with Crippen LogP contribution in [0.15, 0.2) is 40.9 Å². The third kappa shape index (κ3) is 3.47. The van der Waals surface area contributed by atoms with E-state index in [9.17, 15) is 13.2 Å². The molecule has 0 radical (unpaired) electrons. The average Bonchev–Trinajstić information content (AvgIpc) is 2.39. The number of nitrogens with two attached hydrogens (primary N) is 1. The number of benzene rings is 2. The lowest BCUT2D eigenvalue weighted by Gasteiger charge is -2.15. The van der Waals surface area contributed by atoms with Crippen molar-refractivity contribution in [2.45, 2.75) is 6.18 Å². The Morgan fingerprint density at radius 3 is 2.38 bits per heavy atom. The molecule has 2 aromatic rings. The largest absolute Gasteiger partial charge is 0.455 e. The first kappa shape index (κ1) is 15.2. The van der Waals surface area contributed by atoms with Crippen molar-refractivity contribution in [3.63, 3.8) is 0 Å². The maximum Gasteiger partial charge on any atom is 0.419 e. The van der Waals surface area contributed by atoms with Crippen LogP contribution in [0.4, 0.5) is 18.9 Å². The fourth-order valence-corrected chi connectivity index (χ4v) is 1.98. The quantitative estimate of drug-likeness (QED) is 0.792. The van der Waals surface area contributed by atoms with Gasteiger partial charge in [0, 0.05) is 4.47 Å². The van der Waals surface area contributed by atoms with Crippen molar-refractivity contribution in [3.8, 4) is 17.6 Å². The van der Waals surface area contributed by atoms with Gasteiger partial charge in [-0.05, 0) is 36.4 Å². The van der Waals surface area contributed by atoms with Crippen molar-refractivity contribution < 1.29 is 17.9 Å². The number of rotatable bonds is 2. The van der Waals surface area contributed by atoms with E-state index in [-0.39, 0.29) is 17.2 Å². The molecule has 0 aliphatic carbocycles. The lowest BCUT2D eigenvalue weighted by atomic mass is 10.2. The normalized spacial score (nSPS) is 11.0. The second-order valence-corrected chi connectivity index (χ2v) is 5.02. The second-order valence-electron chi connectivity index (χ2n) is 4.10. The van der Waals surface area contributed by atoms with E-state index in [0.717, 1.165) is 6.07 Å². The molecule has 0 aliphatic rings. The highest BCUT2D eigenvalue weighted by molar-refractivity contribution is 9.10. The molecule has 0 spiro atoms. The molecule has 0 aliphatic heterocycles. The second kappa shape index (κ2) is 5.66. The maximum absolute atomic E-state index is 12.9. The molecular weight excluding hydrogens is 349 g/mol. The minimum atomic E-state index is -4.54. The van der Waals surface area contributed by atoms with Crippen molar-refractivity contribution >= 4 is 21.6 Å².